The second-order valence-corrected chi connectivity index (χ2v) is 7.09. The van der Waals surface area contributed by atoms with Gasteiger partial charge in [-0.15, -0.1) is 0 Å². The van der Waals surface area contributed by atoms with E-state index < -0.39 is 0 Å². The number of ether oxygens (including phenoxy) is 2. The Morgan fingerprint density at radius 3 is 2.43 bits per heavy atom. The van der Waals surface area contributed by atoms with Gasteiger partial charge in [-0.3, -0.25) is 9.69 Å². The fourth-order valence-electron chi connectivity index (χ4n) is 4.13. The number of benzene rings is 1. The Hall–Kier alpha value is -1.55. The van der Waals surface area contributed by atoms with E-state index in [9.17, 15) is 4.79 Å². The largest absolute Gasteiger partial charge is 0.493 e. The topological polar surface area (TPSA) is 38.8 Å². The molecule has 2 aliphatic heterocycles. The third-order valence-electron chi connectivity index (χ3n) is 5.19. The van der Waals surface area contributed by atoms with Gasteiger partial charge in [0.1, 0.15) is 5.78 Å². The summed E-state index contributed by atoms with van der Waals surface area (Å²) in [6.45, 7) is 6.30. The highest BCUT2D eigenvalue weighted by atomic mass is 16.5. The number of methoxy groups -OCH3 is 2. The summed E-state index contributed by atoms with van der Waals surface area (Å²) in [5.41, 5.74) is 2.56. The monoisotopic (exact) mass is 317 g/mol. The minimum absolute atomic E-state index is 0.0981. The molecule has 1 aromatic carbocycles. The van der Waals surface area contributed by atoms with Crippen LogP contribution in [0.4, 0.5) is 0 Å². The van der Waals surface area contributed by atoms with Gasteiger partial charge in [-0.1, -0.05) is 13.8 Å². The van der Waals surface area contributed by atoms with Gasteiger partial charge in [-0.2, -0.15) is 0 Å². The lowest BCUT2D eigenvalue weighted by atomic mass is 9.75. The molecule has 1 aromatic rings. The van der Waals surface area contributed by atoms with Crippen molar-refractivity contribution >= 4 is 5.78 Å². The van der Waals surface area contributed by atoms with E-state index in [-0.39, 0.29) is 12.0 Å². The summed E-state index contributed by atoms with van der Waals surface area (Å²) in [5.74, 6) is 2.58. The van der Waals surface area contributed by atoms with Crippen molar-refractivity contribution in [2.45, 2.75) is 39.2 Å². The zero-order valence-electron chi connectivity index (χ0n) is 14.6. The molecule has 4 heteroatoms. The number of rotatable bonds is 4. The number of piperidine rings is 1. The molecular weight excluding hydrogens is 290 g/mol. The molecule has 0 aliphatic carbocycles. The maximum Gasteiger partial charge on any atom is 0.161 e. The molecule has 0 amide bonds. The average Bonchev–Trinajstić information content (AvgIpc) is 2.55. The Bertz CT molecular complexity index is 597. The fourth-order valence-corrected chi connectivity index (χ4v) is 4.13. The van der Waals surface area contributed by atoms with Crippen LogP contribution < -0.4 is 9.47 Å². The summed E-state index contributed by atoms with van der Waals surface area (Å²) in [4.78, 5) is 15.1. The molecule has 0 bridgehead atoms. The molecule has 1 fully saturated rings. The van der Waals surface area contributed by atoms with Crippen molar-refractivity contribution in [3.8, 4) is 11.5 Å². The van der Waals surface area contributed by atoms with Gasteiger partial charge in [0.2, 0.25) is 0 Å². The van der Waals surface area contributed by atoms with E-state index >= 15 is 0 Å². The van der Waals surface area contributed by atoms with Crippen molar-refractivity contribution in [1.82, 2.24) is 4.90 Å². The number of carbonyl (C=O) groups excluding carboxylic acids is 1. The molecule has 1 saturated heterocycles. The Morgan fingerprint density at radius 1 is 1.13 bits per heavy atom. The Balaban J connectivity index is 2.05. The first-order valence-corrected chi connectivity index (χ1v) is 8.56. The number of fused-ring (bicyclic) bond motifs is 3. The van der Waals surface area contributed by atoms with Gasteiger partial charge in [0, 0.05) is 31.5 Å². The first-order chi connectivity index (χ1) is 11.0. The van der Waals surface area contributed by atoms with Gasteiger partial charge in [0.05, 0.1) is 14.2 Å². The molecule has 0 radical (unpaired) electrons. The van der Waals surface area contributed by atoms with Crippen LogP contribution in [-0.2, 0) is 11.2 Å². The van der Waals surface area contributed by atoms with Gasteiger partial charge in [-0.05, 0) is 42.0 Å². The summed E-state index contributed by atoms with van der Waals surface area (Å²) in [6, 6.07) is 4.38. The van der Waals surface area contributed by atoms with E-state index in [1.807, 2.05) is 0 Å². The quantitative estimate of drug-likeness (QED) is 0.854. The Morgan fingerprint density at radius 2 is 1.78 bits per heavy atom. The van der Waals surface area contributed by atoms with Crippen LogP contribution in [0.5, 0.6) is 11.5 Å². The van der Waals surface area contributed by atoms with Crippen LogP contribution in [0.3, 0.4) is 0 Å². The molecule has 0 aromatic heterocycles. The zero-order valence-corrected chi connectivity index (χ0v) is 14.6. The van der Waals surface area contributed by atoms with Crippen LogP contribution in [0, 0.1) is 11.8 Å². The first-order valence-electron chi connectivity index (χ1n) is 8.56. The number of hydrogen-bond donors (Lipinski definition) is 0. The summed E-state index contributed by atoms with van der Waals surface area (Å²) in [6.07, 6.45) is 2.65. The number of nitrogens with zero attached hydrogens (tertiary/aromatic N) is 1. The van der Waals surface area contributed by atoms with Crippen molar-refractivity contribution in [2.75, 3.05) is 27.3 Å². The molecule has 4 nitrogen and oxygen atoms in total. The first kappa shape index (κ1) is 16.3. The summed E-state index contributed by atoms with van der Waals surface area (Å²) in [5, 5.41) is 0. The third kappa shape index (κ3) is 2.97. The van der Waals surface area contributed by atoms with Crippen LogP contribution in [0.1, 0.15) is 43.9 Å². The van der Waals surface area contributed by atoms with Crippen molar-refractivity contribution < 1.29 is 14.3 Å². The average molecular weight is 317 g/mol. The highest BCUT2D eigenvalue weighted by molar-refractivity contribution is 5.83. The minimum atomic E-state index is 0.0981. The number of ketones is 1. The van der Waals surface area contributed by atoms with E-state index in [1.165, 1.54) is 11.1 Å². The van der Waals surface area contributed by atoms with Gasteiger partial charge < -0.3 is 9.47 Å². The summed E-state index contributed by atoms with van der Waals surface area (Å²) in [7, 11) is 3.34. The minimum Gasteiger partial charge on any atom is -0.493 e. The van der Waals surface area contributed by atoms with Gasteiger partial charge in [0.25, 0.3) is 0 Å². The van der Waals surface area contributed by atoms with E-state index in [4.69, 9.17) is 9.47 Å². The number of hydrogen-bond acceptors (Lipinski definition) is 4. The second kappa shape index (κ2) is 6.52. The van der Waals surface area contributed by atoms with Crippen LogP contribution in [0.2, 0.25) is 0 Å². The van der Waals surface area contributed by atoms with Crippen LogP contribution >= 0.6 is 0 Å². The molecular formula is C19H27NO3. The third-order valence-corrected chi connectivity index (χ3v) is 5.19. The van der Waals surface area contributed by atoms with Crippen molar-refractivity contribution in [3.63, 3.8) is 0 Å². The standard InChI is InChI=1S/C19H27NO3/c1-12(2)9-15-16(21)6-8-20-7-5-13-10-17(22-3)18(23-4)11-14(13)19(15)20/h10-12,15,19H,5-9H2,1-4H3/t15-,19-/m1/s1. The van der Waals surface area contributed by atoms with Crippen molar-refractivity contribution in [3.05, 3.63) is 23.3 Å². The maximum absolute atomic E-state index is 12.6. The second-order valence-electron chi connectivity index (χ2n) is 7.09. The SMILES string of the molecule is COc1cc2c(cc1OC)[C@@H]1[C@H](CC(C)C)C(=O)CCN1CC2. The Kier molecular flexibility index (Phi) is 4.62. The number of carbonyl (C=O) groups is 1. The lowest BCUT2D eigenvalue weighted by molar-refractivity contribution is -0.130. The summed E-state index contributed by atoms with van der Waals surface area (Å²) >= 11 is 0. The van der Waals surface area contributed by atoms with Crippen LogP contribution in [-0.4, -0.2) is 38.0 Å². The lowest BCUT2D eigenvalue weighted by Gasteiger charge is -2.45. The fraction of sp³-hybridized carbons (Fsp3) is 0.632. The van der Waals surface area contributed by atoms with Crippen LogP contribution in [0.15, 0.2) is 12.1 Å². The molecule has 23 heavy (non-hydrogen) atoms. The van der Waals surface area contributed by atoms with E-state index in [0.717, 1.165) is 37.4 Å². The molecule has 0 N–H and O–H groups in total. The van der Waals surface area contributed by atoms with Crippen molar-refractivity contribution in [2.24, 2.45) is 11.8 Å². The van der Waals surface area contributed by atoms with E-state index in [0.29, 0.717) is 18.1 Å². The molecule has 3 rings (SSSR count). The van der Waals surface area contributed by atoms with Crippen molar-refractivity contribution in [1.29, 1.82) is 0 Å². The molecule has 2 heterocycles. The Labute approximate surface area is 138 Å². The zero-order chi connectivity index (χ0) is 16.6. The predicted octanol–water partition coefficient (Wildman–Crippen LogP) is 3.24. The molecule has 0 spiro atoms. The summed E-state index contributed by atoms with van der Waals surface area (Å²) < 4.78 is 10.9. The highest BCUT2D eigenvalue weighted by Gasteiger charge is 2.41. The molecule has 0 saturated carbocycles. The van der Waals surface area contributed by atoms with Gasteiger partial charge >= 0.3 is 0 Å². The molecule has 126 valence electrons. The normalized spacial score (nSPS) is 24.3. The predicted molar refractivity (Wildman–Crippen MR) is 90.1 cm³/mol. The smallest absolute Gasteiger partial charge is 0.161 e. The van der Waals surface area contributed by atoms with E-state index in [2.05, 4.69) is 30.9 Å². The number of Topliss-reactive ketones (excluding diaryl/α,β-unsaturated/α-hetero) is 1. The van der Waals surface area contributed by atoms with Gasteiger partial charge in [-0.25, -0.2) is 0 Å². The lowest BCUT2D eigenvalue weighted by Crippen LogP contribution is -2.47. The molecule has 2 aliphatic rings. The maximum atomic E-state index is 12.6. The van der Waals surface area contributed by atoms with E-state index in [1.54, 1.807) is 14.2 Å². The van der Waals surface area contributed by atoms with Gasteiger partial charge in [0.15, 0.2) is 11.5 Å². The molecule has 0 unspecified atom stereocenters. The highest BCUT2D eigenvalue weighted by Crippen LogP contribution is 2.44. The molecule has 2 atom stereocenters. The van der Waals surface area contributed by atoms with Crippen LogP contribution in [0.25, 0.3) is 0 Å².